The maximum atomic E-state index is 5.68. The van der Waals surface area contributed by atoms with E-state index >= 15 is 0 Å². The SMILES string of the molecule is CNc1c(N)n[nH]c1-c1ccccc1. The fraction of sp³-hybridized carbons (Fsp3) is 0.100. The largest absolute Gasteiger partial charge is 0.383 e. The quantitative estimate of drug-likeness (QED) is 0.672. The van der Waals surface area contributed by atoms with Crippen molar-refractivity contribution in [1.29, 1.82) is 0 Å². The average Bonchev–Trinajstić information content (AvgIpc) is 2.61. The highest BCUT2D eigenvalue weighted by atomic mass is 15.2. The van der Waals surface area contributed by atoms with Gasteiger partial charge in [0.1, 0.15) is 5.69 Å². The number of hydrogen-bond acceptors (Lipinski definition) is 3. The summed E-state index contributed by atoms with van der Waals surface area (Å²) < 4.78 is 0. The predicted molar refractivity (Wildman–Crippen MR) is 58.0 cm³/mol. The number of H-pyrrole nitrogens is 1. The van der Waals surface area contributed by atoms with Gasteiger partial charge in [0.05, 0.1) is 5.69 Å². The molecule has 1 aromatic heterocycles. The summed E-state index contributed by atoms with van der Waals surface area (Å²) in [5.41, 5.74) is 8.52. The topological polar surface area (TPSA) is 66.7 Å². The molecule has 0 spiro atoms. The van der Waals surface area contributed by atoms with E-state index in [0.717, 1.165) is 16.9 Å². The number of nitrogens with zero attached hydrogens (tertiary/aromatic N) is 1. The molecule has 4 nitrogen and oxygen atoms in total. The predicted octanol–water partition coefficient (Wildman–Crippen LogP) is 1.70. The van der Waals surface area contributed by atoms with E-state index in [1.165, 1.54) is 0 Å². The molecule has 0 unspecified atom stereocenters. The number of benzene rings is 1. The highest BCUT2D eigenvalue weighted by Crippen LogP contribution is 2.29. The van der Waals surface area contributed by atoms with Crippen LogP contribution >= 0.6 is 0 Å². The first-order valence-corrected chi connectivity index (χ1v) is 4.40. The van der Waals surface area contributed by atoms with Crippen LogP contribution in [-0.2, 0) is 0 Å². The third-order valence-electron chi connectivity index (χ3n) is 2.11. The molecule has 0 aliphatic rings. The number of nitrogens with two attached hydrogens (primary N) is 1. The normalized spacial score (nSPS) is 10.1. The van der Waals surface area contributed by atoms with E-state index in [1.807, 2.05) is 37.4 Å². The van der Waals surface area contributed by atoms with E-state index < -0.39 is 0 Å². The Morgan fingerprint density at radius 1 is 1.29 bits per heavy atom. The fourth-order valence-electron chi connectivity index (χ4n) is 1.42. The summed E-state index contributed by atoms with van der Waals surface area (Å²) in [5.74, 6) is 0.492. The lowest BCUT2D eigenvalue weighted by molar-refractivity contribution is 1.10. The van der Waals surface area contributed by atoms with Crippen molar-refractivity contribution < 1.29 is 0 Å². The summed E-state index contributed by atoms with van der Waals surface area (Å²) in [6.07, 6.45) is 0. The van der Waals surface area contributed by atoms with Gasteiger partial charge in [0.15, 0.2) is 5.82 Å². The first-order valence-electron chi connectivity index (χ1n) is 4.40. The molecule has 0 saturated carbocycles. The van der Waals surface area contributed by atoms with Crippen molar-refractivity contribution in [2.75, 3.05) is 18.1 Å². The monoisotopic (exact) mass is 188 g/mol. The number of anilines is 2. The Balaban J connectivity index is 2.52. The number of nitrogen functional groups attached to an aromatic ring is 1. The smallest absolute Gasteiger partial charge is 0.169 e. The Hall–Kier alpha value is -1.97. The van der Waals surface area contributed by atoms with Crippen LogP contribution in [0, 0.1) is 0 Å². The van der Waals surface area contributed by atoms with Crippen molar-refractivity contribution in [3.05, 3.63) is 30.3 Å². The van der Waals surface area contributed by atoms with Crippen molar-refractivity contribution in [2.45, 2.75) is 0 Å². The van der Waals surface area contributed by atoms with Crippen LogP contribution in [0.5, 0.6) is 0 Å². The van der Waals surface area contributed by atoms with E-state index in [1.54, 1.807) is 0 Å². The zero-order valence-corrected chi connectivity index (χ0v) is 7.91. The second-order valence-corrected chi connectivity index (χ2v) is 2.97. The van der Waals surface area contributed by atoms with Crippen LogP contribution in [0.15, 0.2) is 30.3 Å². The molecule has 4 heteroatoms. The van der Waals surface area contributed by atoms with Gasteiger partial charge in [0.25, 0.3) is 0 Å². The number of aromatic nitrogens is 2. The first-order chi connectivity index (χ1) is 6.83. The standard InChI is InChI=1S/C10H12N4/c1-12-9-8(13-14-10(9)11)7-5-3-2-4-6-7/h2-6,12H,1H3,(H3,11,13,14). The minimum absolute atomic E-state index is 0.492. The molecule has 4 N–H and O–H groups in total. The third kappa shape index (κ3) is 1.31. The van der Waals surface area contributed by atoms with E-state index in [4.69, 9.17) is 5.73 Å². The summed E-state index contributed by atoms with van der Waals surface area (Å²) in [7, 11) is 1.83. The average molecular weight is 188 g/mol. The van der Waals surface area contributed by atoms with Crippen molar-refractivity contribution in [2.24, 2.45) is 0 Å². The van der Waals surface area contributed by atoms with Gasteiger partial charge in [0.2, 0.25) is 0 Å². The maximum Gasteiger partial charge on any atom is 0.169 e. The number of hydrogen-bond donors (Lipinski definition) is 3. The van der Waals surface area contributed by atoms with Gasteiger partial charge in [0, 0.05) is 12.6 Å². The van der Waals surface area contributed by atoms with Crippen LogP contribution < -0.4 is 11.1 Å². The van der Waals surface area contributed by atoms with Crippen molar-refractivity contribution in [3.8, 4) is 11.3 Å². The lowest BCUT2D eigenvalue weighted by atomic mass is 10.1. The highest BCUT2D eigenvalue weighted by molar-refractivity contribution is 5.81. The van der Waals surface area contributed by atoms with Crippen LogP contribution in [0.3, 0.4) is 0 Å². The molecule has 0 amide bonds. The number of rotatable bonds is 2. The molecule has 0 bridgehead atoms. The zero-order chi connectivity index (χ0) is 9.97. The molecule has 72 valence electrons. The Labute approximate surface area is 82.1 Å². The van der Waals surface area contributed by atoms with Crippen molar-refractivity contribution in [1.82, 2.24) is 10.2 Å². The fourth-order valence-corrected chi connectivity index (χ4v) is 1.42. The summed E-state index contributed by atoms with van der Waals surface area (Å²) in [6.45, 7) is 0. The lowest BCUT2D eigenvalue weighted by Gasteiger charge is -2.02. The first kappa shape index (κ1) is 8.62. The summed E-state index contributed by atoms with van der Waals surface area (Å²) in [6, 6.07) is 9.95. The summed E-state index contributed by atoms with van der Waals surface area (Å²) in [5, 5.41) is 9.88. The van der Waals surface area contributed by atoms with E-state index in [0.29, 0.717) is 5.82 Å². The van der Waals surface area contributed by atoms with E-state index in [2.05, 4.69) is 15.5 Å². The molecule has 0 atom stereocenters. The molecule has 2 aromatic rings. The molecule has 1 aromatic carbocycles. The molecule has 0 radical (unpaired) electrons. The van der Waals surface area contributed by atoms with E-state index in [-0.39, 0.29) is 0 Å². The second kappa shape index (κ2) is 3.41. The molecule has 0 saturated heterocycles. The summed E-state index contributed by atoms with van der Waals surface area (Å²) >= 11 is 0. The van der Waals surface area contributed by atoms with Crippen LogP contribution in [-0.4, -0.2) is 17.2 Å². The molecule has 0 aliphatic heterocycles. The van der Waals surface area contributed by atoms with Gasteiger partial charge in [-0.2, -0.15) is 5.10 Å². The zero-order valence-electron chi connectivity index (χ0n) is 7.91. The van der Waals surface area contributed by atoms with Gasteiger partial charge in [-0.1, -0.05) is 30.3 Å². The van der Waals surface area contributed by atoms with Gasteiger partial charge in [-0.3, -0.25) is 5.10 Å². The highest BCUT2D eigenvalue weighted by Gasteiger charge is 2.09. The molecular weight excluding hydrogens is 176 g/mol. The molecule has 1 heterocycles. The minimum Gasteiger partial charge on any atom is -0.383 e. The van der Waals surface area contributed by atoms with Crippen LogP contribution in [0.1, 0.15) is 0 Å². The number of nitrogens with one attached hydrogen (secondary N) is 2. The van der Waals surface area contributed by atoms with Gasteiger partial charge < -0.3 is 11.1 Å². The lowest BCUT2D eigenvalue weighted by Crippen LogP contribution is -1.94. The Morgan fingerprint density at radius 2 is 2.00 bits per heavy atom. The maximum absolute atomic E-state index is 5.68. The van der Waals surface area contributed by atoms with Gasteiger partial charge in [-0.25, -0.2) is 0 Å². The third-order valence-corrected chi connectivity index (χ3v) is 2.11. The van der Waals surface area contributed by atoms with Gasteiger partial charge in [-0.15, -0.1) is 0 Å². The van der Waals surface area contributed by atoms with Gasteiger partial charge in [-0.05, 0) is 0 Å². The van der Waals surface area contributed by atoms with E-state index in [9.17, 15) is 0 Å². The van der Waals surface area contributed by atoms with Crippen LogP contribution in [0.2, 0.25) is 0 Å². The molecule has 0 fully saturated rings. The molecular formula is C10H12N4. The molecule has 0 aliphatic carbocycles. The Bertz CT molecular complexity index is 419. The van der Waals surface area contributed by atoms with Crippen molar-refractivity contribution in [3.63, 3.8) is 0 Å². The molecule has 14 heavy (non-hydrogen) atoms. The Kier molecular flexibility index (Phi) is 2.10. The Morgan fingerprint density at radius 3 is 2.64 bits per heavy atom. The van der Waals surface area contributed by atoms with Crippen LogP contribution in [0.25, 0.3) is 11.3 Å². The molecule has 2 rings (SSSR count). The number of aromatic amines is 1. The van der Waals surface area contributed by atoms with Crippen LogP contribution in [0.4, 0.5) is 11.5 Å². The summed E-state index contributed by atoms with van der Waals surface area (Å²) in [4.78, 5) is 0. The van der Waals surface area contributed by atoms with Gasteiger partial charge >= 0.3 is 0 Å². The minimum atomic E-state index is 0.492. The van der Waals surface area contributed by atoms with Crippen molar-refractivity contribution >= 4 is 11.5 Å². The second-order valence-electron chi connectivity index (χ2n) is 2.97.